The minimum atomic E-state index is -5.04. The number of carbonyl (C=O) groups is 2. The molecule has 0 aromatic carbocycles. The van der Waals surface area contributed by atoms with Crippen LogP contribution >= 0.6 is 0 Å². The fourth-order valence-electron chi connectivity index (χ4n) is 3.38. The third kappa shape index (κ3) is 5.94. The Morgan fingerprint density at radius 1 is 1.22 bits per heavy atom. The number of halogens is 3. The molecular weight excluding hydrogens is 359 g/mol. The number of hydrogen-bond donors (Lipinski definition) is 1. The van der Waals surface area contributed by atoms with E-state index in [-0.39, 0.29) is 12.6 Å². The number of unbranched alkanes of at least 4 members (excludes halogenated alkanes) is 1. The molecule has 150 valence electrons. The first kappa shape index (κ1) is 21.2. The van der Waals surface area contributed by atoms with E-state index in [1.807, 2.05) is 6.92 Å². The van der Waals surface area contributed by atoms with Crippen molar-refractivity contribution < 1.29 is 22.8 Å². The predicted octanol–water partition coefficient (Wildman–Crippen LogP) is 3.76. The van der Waals surface area contributed by atoms with Gasteiger partial charge in [-0.15, -0.1) is 0 Å². The monoisotopic (exact) mass is 385 g/mol. The lowest BCUT2D eigenvalue weighted by Crippen LogP contribution is -2.50. The molecule has 0 saturated heterocycles. The summed E-state index contributed by atoms with van der Waals surface area (Å²) in [4.78, 5) is 29.6. The summed E-state index contributed by atoms with van der Waals surface area (Å²) in [5.41, 5.74) is 0.326. The molecule has 8 heteroatoms. The van der Waals surface area contributed by atoms with Gasteiger partial charge >= 0.3 is 12.1 Å². The third-order valence-electron chi connectivity index (χ3n) is 4.79. The van der Waals surface area contributed by atoms with Gasteiger partial charge in [-0.2, -0.15) is 13.2 Å². The first-order valence-electron chi connectivity index (χ1n) is 9.42. The highest BCUT2D eigenvalue weighted by Gasteiger charge is 2.46. The van der Waals surface area contributed by atoms with Crippen molar-refractivity contribution in [2.24, 2.45) is 0 Å². The average molecular weight is 385 g/mol. The average Bonchev–Trinajstić information content (AvgIpc) is 2.65. The van der Waals surface area contributed by atoms with Crippen molar-refractivity contribution in [3.63, 3.8) is 0 Å². The normalized spacial score (nSPS) is 16.6. The van der Waals surface area contributed by atoms with E-state index in [1.54, 1.807) is 0 Å². The number of aromatic nitrogens is 1. The second kappa shape index (κ2) is 9.71. The Kier molecular flexibility index (Phi) is 7.62. The number of rotatable bonds is 7. The van der Waals surface area contributed by atoms with E-state index >= 15 is 0 Å². The molecule has 1 aliphatic rings. The number of hydrogen-bond acceptors (Lipinski definition) is 3. The largest absolute Gasteiger partial charge is 0.471 e. The minimum absolute atomic E-state index is 0.0652. The van der Waals surface area contributed by atoms with Crippen LogP contribution in [-0.2, 0) is 9.59 Å². The van der Waals surface area contributed by atoms with Gasteiger partial charge in [0.2, 0.25) is 5.91 Å². The second-order valence-corrected chi connectivity index (χ2v) is 6.88. The quantitative estimate of drug-likeness (QED) is 0.777. The van der Waals surface area contributed by atoms with E-state index in [4.69, 9.17) is 0 Å². The number of nitrogens with zero attached hydrogens (tertiary/aromatic N) is 2. The van der Waals surface area contributed by atoms with Crippen LogP contribution in [0.4, 0.5) is 13.2 Å². The van der Waals surface area contributed by atoms with E-state index in [1.165, 1.54) is 24.5 Å². The Hall–Kier alpha value is -2.12. The second-order valence-electron chi connectivity index (χ2n) is 6.88. The number of nitrogens with one attached hydrogen (secondary N) is 1. The third-order valence-corrected chi connectivity index (χ3v) is 4.79. The standard InChI is InChI=1S/C19H26F3N3O2/c1-2-3-13-25(18(27)19(20,21)22)16(14-9-11-23-12-10-14)17(26)24-15-7-5-4-6-8-15/h9-12,15-16H,2-8,13H2,1H3,(H,24,26)/t16-/m0/s1. The van der Waals surface area contributed by atoms with E-state index in [9.17, 15) is 22.8 Å². The maximum absolute atomic E-state index is 13.2. The van der Waals surface area contributed by atoms with Crippen molar-refractivity contribution in [1.29, 1.82) is 0 Å². The molecule has 1 atom stereocenters. The van der Waals surface area contributed by atoms with Crippen molar-refractivity contribution in [3.05, 3.63) is 30.1 Å². The summed E-state index contributed by atoms with van der Waals surface area (Å²) in [6.45, 7) is 1.68. The Morgan fingerprint density at radius 2 is 1.85 bits per heavy atom. The molecule has 1 heterocycles. The number of amides is 2. The zero-order valence-corrected chi connectivity index (χ0v) is 15.5. The summed E-state index contributed by atoms with van der Waals surface area (Å²) in [7, 11) is 0. The first-order chi connectivity index (χ1) is 12.8. The van der Waals surface area contributed by atoms with Crippen LogP contribution in [0.5, 0.6) is 0 Å². The Labute approximate surface area is 157 Å². The lowest BCUT2D eigenvalue weighted by molar-refractivity contribution is -0.188. The van der Waals surface area contributed by atoms with Gasteiger partial charge in [0.1, 0.15) is 6.04 Å². The molecule has 0 aliphatic heterocycles. The molecule has 1 aromatic rings. The van der Waals surface area contributed by atoms with Crippen molar-refractivity contribution in [2.45, 2.75) is 70.1 Å². The van der Waals surface area contributed by atoms with Gasteiger partial charge in [0.05, 0.1) is 0 Å². The van der Waals surface area contributed by atoms with Gasteiger partial charge in [-0.1, -0.05) is 32.6 Å². The van der Waals surface area contributed by atoms with Gasteiger partial charge < -0.3 is 10.2 Å². The van der Waals surface area contributed by atoms with E-state index in [0.717, 1.165) is 32.1 Å². The van der Waals surface area contributed by atoms with E-state index < -0.39 is 24.0 Å². The molecule has 0 radical (unpaired) electrons. The Bertz CT molecular complexity index is 616. The molecule has 1 saturated carbocycles. The smallest absolute Gasteiger partial charge is 0.351 e. The van der Waals surface area contributed by atoms with Gasteiger partial charge in [0.15, 0.2) is 0 Å². The van der Waals surface area contributed by atoms with Gasteiger partial charge in [-0.25, -0.2) is 0 Å². The van der Waals surface area contributed by atoms with Crippen molar-refractivity contribution in [1.82, 2.24) is 15.2 Å². The molecule has 5 nitrogen and oxygen atoms in total. The zero-order valence-electron chi connectivity index (χ0n) is 15.5. The highest BCUT2D eigenvalue weighted by atomic mass is 19.4. The van der Waals surface area contributed by atoms with Gasteiger partial charge in [-0.05, 0) is 37.0 Å². The Balaban J connectivity index is 2.32. The molecular formula is C19H26F3N3O2. The van der Waals surface area contributed by atoms with Gasteiger partial charge in [-0.3, -0.25) is 14.6 Å². The topological polar surface area (TPSA) is 62.3 Å². The summed E-state index contributed by atoms with van der Waals surface area (Å²) in [5, 5.41) is 2.86. The lowest BCUT2D eigenvalue weighted by Gasteiger charge is -2.33. The molecule has 2 rings (SSSR count). The van der Waals surface area contributed by atoms with E-state index in [0.29, 0.717) is 23.3 Å². The number of carbonyl (C=O) groups excluding carboxylic acids is 2. The summed E-state index contributed by atoms with van der Waals surface area (Å²) in [5.74, 6) is -2.56. The minimum Gasteiger partial charge on any atom is -0.351 e. The zero-order chi connectivity index (χ0) is 19.9. The van der Waals surface area contributed by atoms with Gasteiger partial charge in [0, 0.05) is 25.0 Å². The maximum atomic E-state index is 13.2. The molecule has 2 amide bonds. The number of pyridine rings is 1. The molecule has 1 fully saturated rings. The fraction of sp³-hybridized carbons (Fsp3) is 0.632. The van der Waals surface area contributed by atoms with Crippen LogP contribution in [0.3, 0.4) is 0 Å². The molecule has 0 spiro atoms. The first-order valence-corrected chi connectivity index (χ1v) is 9.42. The van der Waals surface area contributed by atoms with Crippen molar-refractivity contribution in [3.8, 4) is 0 Å². The molecule has 0 bridgehead atoms. The highest BCUT2D eigenvalue weighted by molar-refractivity contribution is 5.90. The van der Waals surface area contributed by atoms with Gasteiger partial charge in [0.25, 0.3) is 0 Å². The predicted molar refractivity (Wildman–Crippen MR) is 94.7 cm³/mol. The van der Waals surface area contributed by atoms with Crippen LogP contribution in [-0.4, -0.2) is 40.5 Å². The molecule has 27 heavy (non-hydrogen) atoms. The van der Waals surface area contributed by atoms with Crippen LogP contribution in [0.2, 0.25) is 0 Å². The molecule has 1 aromatic heterocycles. The van der Waals surface area contributed by atoms with Crippen LogP contribution in [0.1, 0.15) is 63.5 Å². The van der Waals surface area contributed by atoms with Crippen LogP contribution in [0.15, 0.2) is 24.5 Å². The maximum Gasteiger partial charge on any atom is 0.471 e. The molecule has 1 N–H and O–H groups in total. The van der Waals surface area contributed by atoms with Crippen molar-refractivity contribution >= 4 is 11.8 Å². The molecule has 0 unspecified atom stereocenters. The highest BCUT2D eigenvalue weighted by Crippen LogP contribution is 2.28. The van der Waals surface area contributed by atoms with Crippen LogP contribution in [0, 0.1) is 0 Å². The van der Waals surface area contributed by atoms with Crippen LogP contribution < -0.4 is 5.32 Å². The van der Waals surface area contributed by atoms with Crippen LogP contribution in [0.25, 0.3) is 0 Å². The van der Waals surface area contributed by atoms with E-state index in [2.05, 4.69) is 10.3 Å². The lowest BCUT2D eigenvalue weighted by atomic mass is 9.94. The summed E-state index contributed by atoms with van der Waals surface area (Å²) in [6.07, 6.45) is 3.42. The van der Waals surface area contributed by atoms with Crippen molar-refractivity contribution in [2.75, 3.05) is 6.54 Å². The summed E-state index contributed by atoms with van der Waals surface area (Å²) in [6, 6.07) is 1.57. The molecule has 1 aliphatic carbocycles. The SMILES string of the molecule is CCCCN(C(=O)C(F)(F)F)[C@H](C(=O)NC1CCCCC1)c1ccncc1. The fourth-order valence-corrected chi connectivity index (χ4v) is 3.38. The Morgan fingerprint density at radius 3 is 2.41 bits per heavy atom. The summed E-state index contributed by atoms with van der Waals surface area (Å²) < 4.78 is 39.6. The number of alkyl halides is 3. The summed E-state index contributed by atoms with van der Waals surface area (Å²) >= 11 is 0.